The minimum atomic E-state index is -0.408. The highest BCUT2D eigenvalue weighted by Crippen LogP contribution is 2.08. The maximum atomic E-state index is 5.56. The van der Waals surface area contributed by atoms with Gasteiger partial charge in [-0.2, -0.15) is 0 Å². The molecule has 0 aliphatic carbocycles. The van der Waals surface area contributed by atoms with Gasteiger partial charge in [-0.15, -0.1) is 0 Å². The zero-order valence-electron chi connectivity index (χ0n) is 5.69. The van der Waals surface area contributed by atoms with Crippen LogP contribution < -0.4 is 5.73 Å². The zero-order valence-corrected chi connectivity index (χ0v) is 5.69. The molecule has 2 heteroatoms. The van der Waals surface area contributed by atoms with Gasteiger partial charge in [0.2, 0.25) is 0 Å². The molecule has 0 saturated carbocycles. The fraction of sp³-hybridized carbons (Fsp3) is 0.667. The molecular formula is C6H13NO. The van der Waals surface area contributed by atoms with E-state index in [0.717, 1.165) is 0 Å². The summed E-state index contributed by atoms with van der Waals surface area (Å²) in [6.45, 7) is 7.29. The van der Waals surface area contributed by atoms with E-state index >= 15 is 0 Å². The summed E-state index contributed by atoms with van der Waals surface area (Å²) in [5.41, 5.74) is 5.16. The average Bonchev–Trinajstić information content (AvgIpc) is 1.62. The third-order valence-electron chi connectivity index (χ3n) is 0.965. The Kier molecular flexibility index (Phi) is 2.04. The van der Waals surface area contributed by atoms with Crippen LogP contribution in [0.25, 0.3) is 0 Å². The molecule has 0 aromatic heterocycles. The van der Waals surface area contributed by atoms with Crippen LogP contribution in [0, 0.1) is 0 Å². The molecule has 0 aliphatic rings. The minimum absolute atomic E-state index is 0.408. The van der Waals surface area contributed by atoms with Crippen LogP contribution in [0.5, 0.6) is 0 Å². The summed E-state index contributed by atoms with van der Waals surface area (Å²) in [7, 11) is 1.57. The fourth-order valence-corrected chi connectivity index (χ4v) is 0.263. The second-order valence-electron chi connectivity index (χ2n) is 2.35. The van der Waals surface area contributed by atoms with Crippen molar-refractivity contribution in [1.82, 2.24) is 0 Å². The second kappa shape index (κ2) is 2.18. The predicted octanol–water partition coefficient (Wildman–Crippen LogP) is 0.884. The van der Waals surface area contributed by atoms with E-state index in [-0.39, 0.29) is 0 Å². The normalized spacial score (nSPS) is 11.0. The van der Waals surface area contributed by atoms with Gasteiger partial charge in [0, 0.05) is 0 Å². The van der Waals surface area contributed by atoms with Crippen molar-refractivity contribution in [3.8, 4) is 0 Å². The van der Waals surface area contributed by atoms with Crippen molar-refractivity contribution in [2.75, 3.05) is 7.11 Å². The summed E-state index contributed by atoms with van der Waals surface area (Å²) in [4.78, 5) is 0. The van der Waals surface area contributed by atoms with Crippen molar-refractivity contribution < 1.29 is 4.74 Å². The molecule has 0 aliphatic heterocycles. The van der Waals surface area contributed by atoms with Crippen molar-refractivity contribution in [3.05, 3.63) is 12.3 Å². The molecule has 0 aromatic carbocycles. The molecule has 0 aromatic rings. The van der Waals surface area contributed by atoms with Crippen LogP contribution in [0.15, 0.2) is 12.3 Å². The Morgan fingerprint density at radius 2 is 2.00 bits per heavy atom. The molecule has 2 N–H and O–H groups in total. The SMILES string of the molecule is C=C(OC)C(C)(C)N. The summed E-state index contributed by atoms with van der Waals surface area (Å²) >= 11 is 0. The van der Waals surface area contributed by atoms with E-state index in [2.05, 4.69) is 6.58 Å². The Morgan fingerprint density at radius 1 is 1.62 bits per heavy atom. The van der Waals surface area contributed by atoms with Crippen LogP contribution in [-0.2, 0) is 4.74 Å². The van der Waals surface area contributed by atoms with Gasteiger partial charge in [-0.05, 0) is 13.8 Å². The Hall–Kier alpha value is -0.500. The molecular weight excluding hydrogens is 102 g/mol. The minimum Gasteiger partial charge on any atom is -0.500 e. The van der Waals surface area contributed by atoms with Crippen LogP contribution in [0.4, 0.5) is 0 Å². The molecule has 0 bridgehead atoms. The number of nitrogens with two attached hydrogens (primary N) is 1. The number of rotatable bonds is 2. The summed E-state index contributed by atoms with van der Waals surface area (Å²) in [5, 5.41) is 0. The zero-order chi connectivity index (χ0) is 6.78. The van der Waals surface area contributed by atoms with Gasteiger partial charge < -0.3 is 10.5 Å². The second-order valence-corrected chi connectivity index (χ2v) is 2.35. The molecule has 0 rings (SSSR count). The lowest BCUT2D eigenvalue weighted by Gasteiger charge is -2.19. The van der Waals surface area contributed by atoms with Gasteiger partial charge in [0.25, 0.3) is 0 Å². The van der Waals surface area contributed by atoms with E-state index in [4.69, 9.17) is 10.5 Å². The Balaban J connectivity index is 3.82. The fourth-order valence-electron chi connectivity index (χ4n) is 0.263. The summed E-state index contributed by atoms with van der Waals surface area (Å²) in [6.07, 6.45) is 0. The molecule has 0 heterocycles. The van der Waals surface area contributed by atoms with Gasteiger partial charge in [-0.25, -0.2) is 0 Å². The largest absolute Gasteiger partial charge is 0.500 e. The predicted molar refractivity (Wildman–Crippen MR) is 34.4 cm³/mol. The maximum absolute atomic E-state index is 5.56. The third-order valence-corrected chi connectivity index (χ3v) is 0.965. The first-order chi connectivity index (χ1) is 3.48. The highest BCUT2D eigenvalue weighted by atomic mass is 16.5. The quantitative estimate of drug-likeness (QED) is 0.542. The van der Waals surface area contributed by atoms with Crippen LogP contribution >= 0.6 is 0 Å². The number of methoxy groups -OCH3 is 1. The third kappa shape index (κ3) is 1.98. The maximum Gasteiger partial charge on any atom is 0.108 e. The Morgan fingerprint density at radius 3 is 2.00 bits per heavy atom. The van der Waals surface area contributed by atoms with Gasteiger partial charge in [0.1, 0.15) is 5.76 Å². The standard InChI is InChI=1S/C6H13NO/c1-5(8-4)6(2,3)7/h1,7H2,2-4H3. The molecule has 0 saturated heterocycles. The van der Waals surface area contributed by atoms with Crippen LogP contribution in [0.3, 0.4) is 0 Å². The molecule has 0 amide bonds. The van der Waals surface area contributed by atoms with Crippen molar-refractivity contribution in [1.29, 1.82) is 0 Å². The lowest BCUT2D eigenvalue weighted by molar-refractivity contribution is 0.239. The lowest BCUT2D eigenvalue weighted by Crippen LogP contribution is -2.34. The van der Waals surface area contributed by atoms with Crippen molar-refractivity contribution >= 4 is 0 Å². The van der Waals surface area contributed by atoms with E-state index in [1.807, 2.05) is 13.8 Å². The highest BCUT2D eigenvalue weighted by Gasteiger charge is 2.14. The smallest absolute Gasteiger partial charge is 0.108 e. The summed E-state index contributed by atoms with van der Waals surface area (Å²) in [5.74, 6) is 0.609. The van der Waals surface area contributed by atoms with Gasteiger partial charge in [0.05, 0.1) is 12.6 Å². The lowest BCUT2D eigenvalue weighted by atomic mass is 10.1. The van der Waals surface area contributed by atoms with Gasteiger partial charge in [-0.3, -0.25) is 0 Å². The molecule has 0 radical (unpaired) electrons. The van der Waals surface area contributed by atoms with E-state index in [1.54, 1.807) is 7.11 Å². The van der Waals surface area contributed by atoms with Crippen LogP contribution in [-0.4, -0.2) is 12.6 Å². The van der Waals surface area contributed by atoms with Crippen LogP contribution in [0.1, 0.15) is 13.8 Å². The molecule has 8 heavy (non-hydrogen) atoms. The van der Waals surface area contributed by atoms with E-state index in [9.17, 15) is 0 Å². The molecule has 0 atom stereocenters. The van der Waals surface area contributed by atoms with Gasteiger partial charge in [0.15, 0.2) is 0 Å². The number of ether oxygens (including phenoxy) is 1. The summed E-state index contributed by atoms with van der Waals surface area (Å²) < 4.78 is 4.80. The first-order valence-electron chi connectivity index (χ1n) is 2.50. The van der Waals surface area contributed by atoms with Crippen molar-refractivity contribution in [2.24, 2.45) is 5.73 Å². The Labute approximate surface area is 50.3 Å². The first-order valence-corrected chi connectivity index (χ1v) is 2.50. The molecule has 0 spiro atoms. The monoisotopic (exact) mass is 115 g/mol. The van der Waals surface area contributed by atoms with E-state index in [0.29, 0.717) is 5.76 Å². The average molecular weight is 115 g/mol. The van der Waals surface area contributed by atoms with Gasteiger partial charge >= 0.3 is 0 Å². The number of hydrogen-bond donors (Lipinski definition) is 1. The van der Waals surface area contributed by atoms with Crippen molar-refractivity contribution in [3.63, 3.8) is 0 Å². The van der Waals surface area contributed by atoms with Gasteiger partial charge in [-0.1, -0.05) is 6.58 Å². The van der Waals surface area contributed by atoms with Crippen molar-refractivity contribution in [2.45, 2.75) is 19.4 Å². The molecule has 48 valence electrons. The molecule has 0 unspecified atom stereocenters. The highest BCUT2D eigenvalue weighted by molar-refractivity contribution is 5.02. The summed E-state index contributed by atoms with van der Waals surface area (Å²) in [6, 6.07) is 0. The molecule has 0 fully saturated rings. The topological polar surface area (TPSA) is 35.2 Å². The Bertz CT molecular complexity index is 91.2. The van der Waals surface area contributed by atoms with E-state index < -0.39 is 5.54 Å². The van der Waals surface area contributed by atoms with Crippen LogP contribution in [0.2, 0.25) is 0 Å². The first kappa shape index (κ1) is 7.50. The molecule has 2 nitrogen and oxygen atoms in total. The van der Waals surface area contributed by atoms with E-state index in [1.165, 1.54) is 0 Å². The number of hydrogen-bond acceptors (Lipinski definition) is 2.